The van der Waals surface area contributed by atoms with Crippen LogP contribution in [0.1, 0.15) is 32.1 Å². The Morgan fingerprint density at radius 1 is 1.15 bits per heavy atom. The van der Waals surface area contributed by atoms with Gasteiger partial charge in [-0.25, -0.2) is 4.79 Å². The van der Waals surface area contributed by atoms with Crippen LogP contribution in [0.4, 0.5) is 4.79 Å². The average molecular weight is 283 g/mol. The van der Waals surface area contributed by atoms with E-state index in [1.165, 1.54) is 0 Å². The topological polar surface area (TPSA) is 113 Å². The fourth-order valence-corrected chi connectivity index (χ4v) is 3.00. The molecule has 2 fully saturated rings. The molecule has 2 rings (SSSR count). The Balaban J connectivity index is 1.83. The molecule has 0 bridgehead atoms. The number of carbonyl (C=O) groups excluding carboxylic acids is 2. The van der Waals surface area contributed by atoms with Gasteiger partial charge in [-0.2, -0.15) is 0 Å². The predicted molar refractivity (Wildman–Crippen MR) is 70.8 cm³/mol. The molecule has 2 aliphatic rings. The molecule has 7 heteroatoms. The molecule has 0 radical (unpaired) electrons. The fraction of sp³-hybridized carbons (Fsp3) is 0.769. The fourth-order valence-electron chi connectivity index (χ4n) is 3.00. The number of aliphatic carboxylic acids is 1. The summed E-state index contributed by atoms with van der Waals surface area (Å²) < 4.78 is 0. The summed E-state index contributed by atoms with van der Waals surface area (Å²) in [5, 5.41) is 11.8. The monoisotopic (exact) mass is 283 g/mol. The van der Waals surface area contributed by atoms with Crippen LogP contribution in [-0.2, 0) is 9.59 Å². The Morgan fingerprint density at radius 3 is 2.50 bits per heavy atom. The summed E-state index contributed by atoms with van der Waals surface area (Å²) in [4.78, 5) is 35.8. The molecule has 20 heavy (non-hydrogen) atoms. The van der Waals surface area contributed by atoms with Gasteiger partial charge in [0.1, 0.15) is 0 Å². The van der Waals surface area contributed by atoms with Gasteiger partial charge >= 0.3 is 12.0 Å². The number of nitrogens with one attached hydrogen (secondary N) is 1. The molecule has 7 nitrogen and oxygen atoms in total. The molecule has 3 unspecified atom stereocenters. The number of carboxylic acid groups (broad SMARTS) is 1. The number of primary amides is 1. The Morgan fingerprint density at radius 2 is 1.90 bits per heavy atom. The maximum atomic E-state index is 12.1. The molecule has 0 aromatic rings. The lowest BCUT2D eigenvalue weighted by Crippen LogP contribution is -2.50. The first-order chi connectivity index (χ1) is 9.47. The van der Waals surface area contributed by atoms with Gasteiger partial charge in [0.15, 0.2) is 0 Å². The second-order valence-corrected chi connectivity index (χ2v) is 5.68. The summed E-state index contributed by atoms with van der Waals surface area (Å²) in [7, 11) is 0. The lowest BCUT2D eigenvalue weighted by atomic mass is 9.98. The van der Waals surface area contributed by atoms with Crippen molar-refractivity contribution < 1.29 is 19.5 Å². The van der Waals surface area contributed by atoms with E-state index in [1.54, 1.807) is 4.90 Å². The van der Waals surface area contributed by atoms with Gasteiger partial charge in [0, 0.05) is 19.1 Å². The Hall–Kier alpha value is -1.79. The molecule has 0 aromatic carbocycles. The molecule has 0 aromatic heterocycles. The zero-order chi connectivity index (χ0) is 14.7. The third-order valence-electron chi connectivity index (χ3n) is 4.22. The zero-order valence-electron chi connectivity index (χ0n) is 11.4. The highest BCUT2D eigenvalue weighted by Crippen LogP contribution is 2.26. The first kappa shape index (κ1) is 14.6. The summed E-state index contributed by atoms with van der Waals surface area (Å²) in [6.45, 7) is 0.973. The summed E-state index contributed by atoms with van der Waals surface area (Å²) in [5.41, 5.74) is 5.28. The van der Waals surface area contributed by atoms with Crippen molar-refractivity contribution in [2.24, 2.45) is 17.6 Å². The van der Waals surface area contributed by atoms with Gasteiger partial charge in [-0.15, -0.1) is 0 Å². The van der Waals surface area contributed by atoms with Crippen LogP contribution in [0.5, 0.6) is 0 Å². The number of hydrogen-bond acceptors (Lipinski definition) is 3. The maximum absolute atomic E-state index is 12.1. The molecule has 1 saturated carbocycles. The van der Waals surface area contributed by atoms with Crippen molar-refractivity contribution in [2.45, 2.75) is 38.1 Å². The SMILES string of the molecule is NC(=O)C1CCCN(C(=O)NC2CCC(C(=O)O)C2)C1. The van der Waals surface area contributed by atoms with Crippen LogP contribution in [0.3, 0.4) is 0 Å². The number of rotatable bonds is 3. The van der Waals surface area contributed by atoms with Crippen molar-refractivity contribution in [1.29, 1.82) is 0 Å². The quantitative estimate of drug-likeness (QED) is 0.684. The molecule has 1 aliphatic carbocycles. The van der Waals surface area contributed by atoms with E-state index in [0.717, 1.165) is 12.8 Å². The van der Waals surface area contributed by atoms with Crippen LogP contribution < -0.4 is 11.1 Å². The third-order valence-corrected chi connectivity index (χ3v) is 4.22. The van der Waals surface area contributed by atoms with Crippen molar-refractivity contribution in [1.82, 2.24) is 10.2 Å². The Labute approximate surface area is 117 Å². The number of carbonyl (C=O) groups is 3. The maximum Gasteiger partial charge on any atom is 0.317 e. The normalized spacial score (nSPS) is 30.0. The van der Waals surface area contributed by atoms with E-state index in [0.29, 0.717) is 32.4 Å². The van der Waals surface area contributed by atoms with Crippen LogP contribution in [0, 0.1) is 11.8 Å². The summed E-state index contributed by atoms with van der Waals surface area (Å²) >= 11 is 0. The Bertz CT molecular complexity index is 412. The highest BCUT2D eigenvalue weighted by molar-refractivity contribution is 5.79. The van der Waals surface area contributed by atoms with E-state index in [-0.39, 0.29) is 29.8 Å². The number of nitrogens with zero attached hydrogens (tertiary/aromatic N) is 1. The second kappa shape index (κ2) is 6.11. The first-order valence-electron chi connectivity index (χ1n) is 7.05. The summed E-state index contributed by atoms with van der Waals surface area (Å²) in [5.74, 6) is -1.80. The minimum absolute atomic E-state index is 0.0856. The molecule has 4 N–H and O–H groups in total. The number of amides is 3. The minimum Gasteiger partial charge on any atom is -0.481 e. The molecule has 1 saturated heterocycles. The van der Waals surface area contributed by atoms with Crippen molar-refractivity contribution in [3.05, 3.63) is 0 Å². The third kappa shape index (κ3) is 3.40. The molecule has 0 spiro atoms. The van der Waals surface area contributed by atoms with Crippen LogP contribution in [-0.4, -0.2) is 47.0 Å². The predicted octanol–water partition coefficient (Wildman–Crippen LogP) is 0.147. The van der Waals surface area contributed by atoms with Crippen molar-refractivity contribution >= 4 is 17.9 Å². The molecule has 3 amide bonds. The number of piperidine rings is 1. The molecule has 1 heterocycles. The lowest BCUT2D eigenvalue weighted by molar-refractivity contribution is -0.141. The number of urea groups is 1. The zero-order valence-corrected chi connectivity index (χ0v) is 11.4. The van der Waals surface area contributed by atoms with Crippen molar-refractivity contribution in [3.8, 4) is 0 Å². The van der Waals surface area contributed by atoms with Crippen molar-refractivity contribution in [3.63, 3.8) is 0 Å². The molecule has 1 aliphatic heterocycles. The van der Waals surface area contributed by atoms with Crippen molar-refractivity contribution in [2.75, 3.05) is 13.1 Å². The van der Waals surface area contributed by atoms with Gasteiger partial charge in [0.25, 0.3) is 0 Å². The smallest absolute Gasteiger partial charge is 0.317 e. The second-order valence-electron chi connectivity index (χ2n) is 5.68. The minimum atomic E-state index is -0.798. The van der Waals surface area contributed by atoms with E-state index in [1.807, 2.05) is 0 Å². The standard InChI is InChI=1S/C13H21N3O4/c14-11(17)9-2-1-5-16(7-9)13(20)15-10-4-3-8(6-10)12(18)19/h8-10H,1-7H2,(H2,14,17)(H,15,20)(H,18,19). The first-order valence-corrected chi connectivity index (χ1v) is 7.05. The highest BCUT2D eigenvalue weighted by Gasteiger charge is 2.33. The van der Waals surface area contributed by atoms with E-state index in [9.17, 15) is 14.4 Å². The van der Waals surface area contributed by atoms with Gasteiger partial charge in [-0.05, 0) is 32.1 Å². The summed E-state index contributed by atoms with van der Waals surface area (Å²) in [6, 6.07) is -0.301. The number of carboxylic acids is 1. The molecule has 112 valence electrons. The molecular weight excluding hydrogens is 262 g/mol. The van der Waals surface area contributed by atoms with E-state index < -0.39 is 5.97 Å². The van der Waals surface area contributed by atoms with Crippen LogP contribution >= 0.6 is 0 Å². The van der Waals surface area contributed by atoms with Gasteiger partial charge in [-0.1, -0.05) is 0 Å². The number of nitrogens with two attached hydrogens (primary N) is 1. The van der Waals surface area contributed by atoms with E-state index >= 15 is 0 Å². The van der Waals surface area contributed by atoms with Crippen LogP contribution in [0.2, 0.25) is 0 Å². The molecular formula is C13H21N3O4. The largest absolute Gasteiger partial charge is 0.481 e. The Kier molecular flexibility index (Phi) is 4.46. The van der Waals surface area contributed by atoms with E-state index in [4.69, 9.17) is 10.8 Å². The van der Waals surface area contributed by atoms with Crippen LogP contribution in [0.15, 0.2) is 0 Å². The summed E-state index contributed by atoms with van der Waals surface area (Å²) in [6.07, 6.45) is 3.27. The van der Waals surface area contributed by atoms with Gasteiger partial charge in [0.05, 0.1) is 11.8 Å². The van der Waals surface area contributed by atoms with Gasteiger partial charge < -0.3 is 21.1 Å². The van der Waals surface area contributed by atoms with Gasteiger partial charge in [0.2, 0.25) is 5.91 Å². The highest BCUT2D eigenvalue weighted by atomic mass is 16.4. The van der Waals surface area contributed by atoms with E-state index in [2.05, 4.69) is 5.32 Å². The average Bonchev–Trinajstić information content (AvgIpc) is 2.87. The number of hydrogen-bond donors (Lipinski definition) is 3. The molecule has 3 atom stereocenters. The number of likely N-dealkylation sites (tertiary alicyclic amines) is 1. The van der Waals surface area contributed by atoms with Gasteiger partial charge in [-0.3, -0.25) is 9.59 Å². The lowest BCUT2D eigenvalue weighted by Gasteiger charge is -2.32. The van der Waals surface area contributed by atoms with Crippen LogP contribution in [0.25, 0.3) is 0 Å².